The van der Waals surface area contributed by atoms with Crippen molar-refractivity contribution < 1.29 is 0 Å². The molecule has 1 heteroatoms. The zero-order chi connectivity index (χ0) is 8.67. The number of rotatable bonds is 0. The van der Waals surface area contributed by atoms with Crippen molar-refractivity contribution in [1.29, 1.82) is 0 Å². The molecular weight excluding hydrogens is 176 g/mol. The molecule has 1 heterocycles. The molecule has 0 atom stereocenters. The molecule has 0 spiro atoms. The minimum atomic E-state index is 1.25. The number of hydrogen-bond acceptors (Lipinski definition) is 1. The van der Waals surface area contributed by atoms with Crippen LogP contribution in [0.15, 0.2) is 42.5 Å². The predicted octanol–water partition coefficient (Wildman–Crippen LogP) is 3.85. The minimum Gasteiger partial charge on any atom is -0.135 e. The molecule has 0 unspecified atom stereocenters. The molecule has 0 fully saturated rings. The fraction of sp³-hybridized carbons (Fsp3) is 0. The highest BCUT2D eigenvalue weighted by Gasteiger charge is 2.01. The van der Waals surface area contributed by atoms with E-state index < -0.39 is 0 Å². The van der Waals surface area contributed by atoms with E-state index in [0.29, 0.717) is 0 Å². The molecule has 0 aliphatic rings. The lowest BCUT2D eigenvalue weighted by Gasteiger charge is -1.87. The van der Waals surface area contributed by atoms with Crippen molar-refractivity contribution in [2.45, 2.75) is 0 Å². The van der Waals surface area contributed by atoms with Crippen molar-refractivity contribution in [1.82, 2.24) is 0 Å². The van der Waals surface area contributed by atoms with Gasteiger partial charge in [-0.25, -0.2) is 0 Å². The highest BCUT2D eigenvalue weighted by Crippen LogP contribution is 2.32. The van der Waals surface area contributed by atoms with E-state index >= 15 is 0 Å². The second-order valence-corrected chi connectivity index (χ2v) is 4.09. The van der Waals surface area contributed by atoms with Gasteiger partial charge in [-0.2, -0.15) is 0 Å². The Balaban J connectivity index is 2.64. The molecule has 3 aromatic rings. The molecule has 0 bridgehead atoms. The number of benzene rings is 2. The Kier molecular flexibility index (Phi) is 1.41. The van der Waals surface area contributed by atoms with Crippen LogP contribution in [0.2, 0.25) is 0 Å². The van der Waals surface area contributed by atoms with Crippen molar-refractivity contribution in [3.8, 4) is 0 Å². The van der Waals surface area contributed by atoms with Gasteiger partial charge in [0.25, 0.3) is 0 Å². The lowest BCUT2D eigenvalue weighted by atomic mass is 10.2. The summed E-state index contributed by atoms with van der Waals surface area (Å²) in [5.41, 5.74) is 0. The van der Waals surface area contributed by atoms with Crippen LogP contribution in [-0.4, -0.2) is 0 Å². The van der Waals surface area contributed by atoms with Crippen molar-refractivity contribution in [2.24, 2.45) is 0 Å². The molecule has 0 aliphatic heterocycles. The van der Waals surface area contributed by atoms with Gasteiger partial charge in [0.1, 0.15) is 0 Å². The Bertz CT molecular complexity index is 513. The molecule has 2 aromatic carbocycles. The third kappa shape index (κ3) is 0.973. The van der Waals surface area contributed by atoms with Crippen LogP contribution in [0.4, 0.5) is 0 Å². The topological polar surface area (TPSA) is 0 Å². The molecule has 1 radical (unpaired) electrons. The van der Waals surface area contributed by atoms with Gasteiger partial charge in [-0.05, 0) is 18.2 Å². The molecule has 0 saturated heterocycles. The Hall–Kier alpha value is -1.34. The van der Waals surface area contributed by atoms with Gasteiger partial charge in [-0.3, -0.25) is 0 Å². The van der Waals surface area contributed by atoms with Crippen molar-refractivity contribution in [3.63, 3.8) is 0 Å². The largest absolute Gasteiger partial charge is 0.135 e. The average Bonchev–Trinajstić information content (AvgIpc) is 2.56. The summed E-state index contributed by atoms with van der Waals surface area (Å²) in [5.74, 6) is 0. The molecule has 0 aliphatic carbocycles. The molecule has 1 aromatic heterocycles. The Labute approximate surface area is 80.4 Å². The molecule has 0 nitrogen and oxygen atoms in total. The molecule has 61 valence electrons. The second-order valence-electron chi connectivity index (χ2n) is 3.01. The summed E-state index contributed by atoms with van der Waals surface area (Å²) in [7, 11) is 0. The standard InChI is InChI=1S/C12H7S/c1-3-7-11-9(5-1)10-6-2-4-8-12(10)13-11/h1-5,7-8H. The third-order valence-corrected chi connectivity index (χ3v) is 3.33. The summed E-state index contributed by atoms with van der Waals surface area (Å²) >= 11 is 1.83. The SMILES string of the molecule is [c]1cccc2sc3ccccc3c12. The summed E-state index contributed by atoms with van der Waals surface area (Å²) < 4.78 is 2.67. The molecule has 3 rings (SSSR count). The smallest absolute Gasteiger partial charge is 0.0361 e. The normalized spacial score (nSPS) is 11.1. The van der Waals surface area contributed by atoms with Gasteiger partial charge in [0.15, 0.2) is 0 Å². The molecule has 13 heavy (non-hydrogen) atoms. The van der Waals surface area contributed by atoms with Crippen molar-refractivity contribution in [2.75, 3.05) is 0 Å². The maximum absolute atomic E-state index is 3.28. The van der Waals surface area contributed by atoms with E-state index in [-0.39, 0.29) is 0 Å². The first-order valence-electron chi connectivity index (χ1n) is 4.23. The first kappa shape index (κ1) is 7.10. The number of fused-ring (bicyclic) bond motifs is 3. The monoisotopic (exact) mass is 183 g/mol. The summed E-state index contributed by atoms with van der Waals surface area (Å²) in [6, 6.07) is 17.9. The molecule has 0 N–H and O–H groups in total. The highest BCUT2D eigenvalue weighted by atomic mass is 32.1. The Morgan fingerprint density at radius 3 is 2.77 bits per heavy atom. The van der Waals surface area contributed by atoms with Crippen LogP contribution in [0.25, 0.3) is 20.2 Å². The molecule has 0 amide bonds. The predicted molar refractivity (Wildman–Crippen MR) is 58.2 cm³/mol. The van der Waals surface area contributed by atoms with Gasteiger partial charge >= 0.3 is 0 Å². The van der Waals surface area contributed by atoms with Crippen LogP contribution >= 0.6 is 11.3 Å². The lowest BCUT2D eigenvalue weighted by Crippen LogP contribution is -1.63. The van der Waals surface area contributed by atoms with E-state index in [0.717, 1.165) is 0 Å². The zero-order valence-electron chi connectivity index (χ0n) is 6.95. The Morgan fingerprint density at radius 2 is 1.77 bits per heavy atom. The van der Waals surface area contributed by atoms with Gasteiger partial charge in [0, 0.05) is 20.2 Å². The number of hydrogen-bond donors (Lipinski definition) is 0. The summed E-state index contributed by atoms with van der Waals surface area (Å²) in [6.07, 6.45) is 0. The molecule has 0 saturated carbocycles. The van der Waals surface area contributed by atoms with Crippen LogP contribution in [0.1, 0.15) is 0 Å². The van der Waals surface area contributed by atoms with E-state index in [2.05, 4.69) is 36.4 Å². The first-order chi connectivity index (χ1) is 6.45. The van der Waals surface area contributed by atoms with E-state index in [9.17, 15) is 0 Å². The molecular formula is C12H7S. The van der Waals surface area contributed by atoms with E-state index in [1.807, 2.05) is 23.5 Å². The van der Waals surface area contributed by atoms with Crippen LogP contribution in [-0.2, 0) is 0 Å². The lowest BCUT2D eigenvalue weighted by molar-refractivity contribution is 1.83. The second kappa shape index (κ2) is 2.57. The highest BCUT2D eigenvalue weighted by molar-refractivity contribution is 7.25. The fourth-order valence-electron chi connectivity index (χ4n) is 1.60. The van der Waals surface area contributed by atoms with Gasteiger partial charge in [0.05, 0.1) is 0 Å². The quantitative estimate of drug-likeness (QED) is 0.496. The summed E-state index contributed by atoms with van der Waals surface area (Å²) in [4.78, 5) is 0. The van der Waals surface area contributed by atoms with E-state index in [1.165, 1.54) is 20.2 Å². The zero-order valence-corrected chi connectivity index (χ0v) is 7.77. The first-order valence-corrected chi connectivity index (χ1v) is 5.05. The van der Waals surface area contributed by atoms with Gasteiger partial charge in [0.2, 0.25) is 0 Å². The number of thiophene rings is 1. The third-order valence-electron chi connectivity index (χ3n) is 2.19. The van der Waals surface area contributed by atoms with Crippen LogP contribution in [0.3, 0.4) is 0 Å². The van der Waals surface area contributed by atoms with Crippen LogP contribution in [0, 0.1) is 6.07 Å². The summed E-state index contributed by atoms with van der Waals surface area (Å²) in [6.45, 7) is 0. The fourth-order valence-corrected chi connectivity index (χ4v) is 2.68. The summed E-state index contributed by atoms with van der Waals surface area (Å²) in [5, 5.41) is 2.58. The van der Waals surface area contributed by atoms with E-state index in [1.54, 1.807) is 0 Å². The van der Waals surface area contributed by atoms with E-state index in [4.69, 9.17) is 0 Å². The van der Waals surface area contributed by atoms with Crippen LogP contribution < -0.4 is 0 Å². The minimum absolute atomic E-state index is 1.25. The van der Waals surface area contributed by atoms with Crippen LogP contribution in [0.5, 0.6) is 0 Å². The van der Waals surface area contributed by atoms with Gasteiger partial charge < -0.3 is 0 Å². The van der Waals surface area contributed by atoms with Crippen molar-refractivity contribution >= 4 is 31.5 Å². The van der Waals surface area contributed by atoms with Crippen molar-refractivity contribution in [3.05, 3.63) is 48.5 Å². The Morgan fingerprint density at radius 1 is 0.923 bits per heavy atom. The van der Waals surface area contributed by atoms with Gasteiger partial charge in [-0.1, -0.05) is 30.3 Å². The average molecular weight is 183 g/mol. The van der Waals surface area contributed by atoms with Gasteiger partial charge in [-0.15, -0.1) is 11.3 Å². The maximum Gasteiger partial charge on any atom is 0.0361 e. The maximum atomic E-state index is 3.28.